The minimum atomic E-state index is -1.96. The van der Waals surface area contributed by atoms with Gasteiger partial charge in [-0.25, -0.2) is 0 Å². The Morgan fingerprint density at radius 3 is 1.55 bits per heavy atom. The molecule has 0 bridgehead atoms. The van der Waals surface area contributed by atoms with E-state index in [0.29, 0.717) is 0 Å². The van der Waals surface area contributed by atoms with Crippen molar-refractivity contribution in [2.45, 2.75) is 103 Å². The molecule has 1 heteroatoms. The third kappa shape index (κ3) is 8.10. The molecule has 0 aliphatic carbocycles. The van der Waals surface area contributed by atoms with Crippen molar-refractivity contribution < 1.29 is 0 Å². The molecule has 0 radical (unpaired) electrons. The molecule has 0 unspecified atom stereocenters. The molecular weight excluding hydrogens is 347 g/mol. The molecule has 0 aromatic carbocycles. The van der Waals surface area contributed by atoms with E-state index in [4.69, 9.17) is 0 Å². The summed E-state index contributed by atoms with van der Waals surface area (Å²) in [5.74, 6) is 0. The van der Waals surface area contributed by atoms with Gasteiger partial charge in [-0.3, -0.25) is 0 Å². The third-order valence-electron chi connectivity index (χ3n) is 4.93. The summed E-state index contributed by atoms with van der Waals surface area (Å²) in [4.78, 5) is 0. The molecule has 0 nitrogen and oxygen atoms in total. The van der Waals surface area contributed by atoms with Crippen LogP contribution in [0.3, 0.4) is 0 Å². The number of unbranched alkanes of at least 4 members (excludes halogenated alkanes) is 4. The van der Waals surface area contributed by atoms with Gasteiger partial charge >= 0.3 is 134 Å². The van der Waals surface area contributed by atoms with E-state index in [0.717, 1.165) is 3.93 Å². The maximum atomic E-state index is 2.63. The molecule has 0 aromatic rings. The van der Waals surface area contributed by atoms with Crippen molar-refractivity contribution in [3.63, 3.8) is 0 Å². The Balaban J connectivity index is 4.89. The topological polar surface area (TPSA) is 0 Å². The van der Waals surface area contributed by atoms with Gasteiger partial charge in [0.05, 0.1) is 0 Å². The van der Waals surface area contributed by atoms with Crippen LogP contribution in [0.1, 0.15) is 86.0 Å². The van der Waals surface area contributed by atoms with Crippen LogP contribution in [-0.4, -0.2) is 18.4 Å². The van der Waals surface area contributed by atoms with Crippen molar-refractivity contribution in [3.05, 3.63) is 12.2 Å². The zero-order valence-electron chi connectivity index (χ0n) is 15.0. The average molecular weight is 387 g/mol. The van der Waals surface area contributed by atoms with Crippen LogP contribution in [0.2, 0.25) is 17.2 Å². The van der Waals surface area contributed by atoms with Crippen LogP contribution in [0.4, 0.5) is 0 Å². The summed E-state index contributed by atoms with van der Waals surface area (Å²) in [6, 6.07) is 0. The fraction of sp³-hybridized carbons (Fsp3) is 0.895. The fourth-order valence-corrected chi connectivity index (χ4v) is 20.0. The quantitative estimate of drug-likeness (QED) is 0.226. The predicted molar refractivity (Wildman–Crippen MR) is 98.4 cm³/mol. The molecule has 0 aliphatic rings. The molecule has 120 valence electrons. The van der Waals surface area contributed by atoms with Gasteiger partial charge in [0.15, 0.2) is 0 Å². The second-order valence-electron chi connectivity index (χ2n) is 6.68. The fourth-order valence-electron chi connectivity index (χ4n) is 3.32. The van der Waals surface area contributed by atoms with Crippen LogP contribution < -0.4 is 0 Å². The molecule has 1 atom stereocenters. The first-order valence-electron chi connectivity index (χ1n) is 9.33. The monoisotopic (exact) mass is 388 g/mol. The van der Waals surface area contributed by atoms with E-state index in [1.807, 2.05) is 0 Å². The van der Waals surface area contributed by atoms with E-state index in [2.05, 4.69) is 46.8 Å². The van der Waals surface area contributed by atoms with Gasteiger partial charge < -0.3 is 0 Å². The molecule has 20 heavy (non-hydrogen) atoms. The molecule has 0 rings (SSSR count). The number of allylic oxidation sites excluding steroid dienone is 2. The van der Waals surface area contributed by atoms with Crippen molar-refractivity contribution in [2.75, 3.05) is 0 Å². The van der Waals surface area contributed by atoms with Crippen molar-refractivity contribution in [1.29, 1.82) is 0 Å². The summed E-state index contributed by atoms with van der Waals surface area (Å²) >= 11 is -1.96. The van der Waals surface area contributed by atoms with Crippen molar-refractivity contribution >= 4 is 18.4 Å². The van der Waals surface area contributed by atoms with Crippen molar-refractivity contribution in [1.82, 2.24) is 0 Å². The summed E-state index contributed by atoms with van der Waals surface area (Å²) in [6.07, 6.45) is 16.3. The van der Waals surface area contributed by atoms with E-state index in [-0.39, 0.29) is 0 Å². The Morgan fingerprint density at radius 2 is 1.20 bits per heavy atom. The van der Waals surface area contributed by atoms with Crippen LogP contribution in [0.5, 0.6) is 0 Å². The van der Waals surface area contributed by atoms with Gasteiger partial charge in [0.1, 0.15) is 0 Å². The Kier molecular flexibility index (Phi) is 13.6. The van der Waals surface area contributed by atoms with Crippen molar-refractivity contribution in [3.8, 4) is 0 Å². The Morgan fingerprint density at radius 1 is 0.750 bits per heavy atom. The first-order chi connectivity index (χ1) is 9.66. The summed E-state index contributed by atoms with van der Waals surface area (Å²) in [6.45, 7) is 12.0. The zero-order chi connectivity index (χ0) is 15.3. The molecule has 0 aliphatic heterocycles. The van der Waals surface area contributed by atoms with Gasteiger partial charge in [0.2, 0.25) is 0 Å². The molecule has 0 fully saturated rings. The van der Waals surface area contributed by atoms with Crippen LogP contribution >= 0.6 is 0 Å². The Labute approximate surface area is 133 Å². The number of rotatable bonds is 13. The molecule has 0 heterocycles. The summed E-state index contributed by atoms with van der Waals surface area (Å²) in [5.41, 5.74) is 0. The van der Waals surface area contributed by atoms with E-state index in [1.165, 1.54) is 51.4 Å². The summed E-state index contributed by atoms with van der Waals surface area (Å²) in [5, 5.41) is 0. The molecule has 0 amide bonds. The predicted octanol–water partition coefficient (Wildman–Crippen LogP) is 7.58. The van der Waals surface area contributed by atoms with Gasteiger partial charge in [0.25, 0.3) is 0 Å². The molecule has 0 N–H and O–H groups in total. The summed E-state index contributed by atoms with van der Waals surface area (Å²) in [7, 11) is 0. The summed E-state index contributed by atoms with van der Waals surface area (Å²) < 4.78 is 5.88. The second-order valence-corrected chi connectivity index (χ2v) is 21.3. The third-order valence-corrected chi connectivity index (χ3v) is 22.5. The van der Waals surface area contributed by atoms with Crippen LogP contribution in [0.15, 0.2) is 12.2 Å². The average Bonchev–Trinajstić information content (AvgIpc) is 2.47. The van der Waals surface area contributed by atoms with Crippen LogP contribution in [-0.2, 0) is 0 Å². The van der Waals surface area contributed by atoms with E-state index < -0.39 is 18.4 Å². The Hall–Kier alpha value is 0.539. The van der Waals surface area contributed by atoms with Gasteiger partial charge in [-0.1, -0.05) is 0 Å². The number of hydrogen-bond donors (Lipinski definition) is 0. The van der Waals surface area contributed by atoms with Crippen LogP contribution in [0, 0.1) is 0 Å². The van der Waals surface area contributed by atoms with E-state index >= 15 is 0 Å². The molecule has 0 saturated carbocycles. The first kappa shape index (κ1) is 20.5. The zero-order valence-corrected chi connectivity index (χ0v) is 17.9. The van der Waals surface area contributed by atoms with Gasteiger partial charge in [-0.15, -0.1) is 0 Å². The first-order valence-corrected chi connectivity index (χ1v) is 17.0. The standard InChI is InChI=1S/C7H13.3C4H9.Sn/c1-3-5-7-6-4-2;3*1-3-4-2;/h3,5,7H,4,6H2,1-2H3;3*1,3-4H2,2H3;/b7-5-;;;;. The maximum absolute atomic E-state index is 2.63. The Bertz CT molecular complexity index is 210. The van der Waals surface area contributed by atoms with E-state index in [1.54, 1.807) is 13.3 Å². The van der Waals surface area contributed by atoms with Gasteiger partial charge in [-0.2, -0.15) is 0 Å². The van der Waals surface area contributed by atoms with Crippen molar-refractivity contribution in [2.24, 2.45) is 0 Å². The molecule has 0 aromatic heterocycles. The number of hydrogen-bond acceptors (Lipinski definition) is 0. The van der Waals surface area contributed by atoms with E-state index in [9.17, 15) is 0 Å². The second kappa shape index (κ2) is 13.2. The molecule has 0 saturated heterocycles. The molecular formula is C19H40Sn. The minimum absolute atomic E-state index is 0.959. The normalized spacial score (nSPS) is 14.1. The van der Waals surface area contributed by atoms with Gasteiger partial charge in [0, 0.05) is 0 Å². The molecule has 0 spiro atoms. The van der Waals surface area contributed by atoms with Gasteiger partial charge in [-0.05, 0) is 0 Å². The van der Waals surface area contributed by atoms with Crippen LogP contribution in [0.25, 0.3) is 0 Å². The SMILES string of the molecule is CCC/C=C\[C@@H](C)[Sn]([CH2]CCC)([CH2]CCC)[CH2]CCC.